The summed E-state index contributed by atoms with van der Waals surface area (Å²) in [5, 5.41) is 0. The third-order valence-electron chi connectivity index (χ3n) is 5.49. The first kappa shape index (κ1) is 20.0. The van der Waals surface area contributed by atoms with Crippen molar-refractivity contribution in [3.8, 4) is 5.75 Å². The van der Waals surface area contributed by atoms with E-state index < -0.39 is 0 Å². The largest absolute Gasteiger partial charge is 0.491 e. The Morgan fingerprint density at radius 3 is 2.17 bits per heavy atom. The first-order chi connectivity index (χ1) is 14.2. The maximum absolute atomic E-state index is 6.01. The molecule has 0 bridgehead atoms. The lowest BCUT2D eigenvalue weighted by atomic mass is 9.83. The number of epoxide rings is 2. The molecule has 4 rings (SSSR count). The van der Waals surface area contributed by atoms with Gasteiger partial charge in [-0.25, -0.2) is 0 Å². The van der Waals surface area contributed by atoms with E-state index >= 15 is 0 Å². The van der Waals surface area contributed by atoms with Crippen molar-refractivity contribution in [2.45, 2.75) is 49.9 Å². The summed E-state index contributed by atoms with van der Waals surface area (Å²) in [6, 6.07) is 8.51. The van der Waals surface area contributed by atoms with Crippen LogP contribution in [-0.4, -0.2) is 44.7 Å². The second kappa shape index (κ2) is 9.51. The van der Waals surface area contributed by atoms with E-state index in [0.717, 1.165) is 44.6 Å². The second-order valence-electron chi connectivity index (χ2n) is 7.96. The molecule has 0 aromatic heterocycles. The number of rotatable bonds is 11. The van der Waals surface area contributed by atoms with Crippen LogP contribution < -0.4 is 4.74 Å². The predicted octanol–water partition coefficient (Wildman–Crippen LogP) is 4.51. The van der Waals surface area contributed by atoms with Gasteiger partial charge in [-0.05, 0) is 61.4 Å². The Morgan fingerprint density at radius 1 is 0.897 bits per heavy atom. The molecule has 0 amide bonds. The minimum atomic E-state index is 0.221. The number of allylic oxidation sites excluding steroid dienone is 2. The summed E-state index contributed by atoms with van der Waals surface area (Å²) in [4.78, 5) is 0. The third kappa shape index (κ3) is 6.65. The van der Waals surface area contributed by atoms with Crippen LogP contribution in [0.2, 0.25) is 0 Å². The van der Waals surface area contributed by atoms with Crippen molar-refractivity contribution in [1.82, 2.24) is 0 Å². The van der Waals surface area contributed by atoms with Gasteiger partial charge in [-0.15, -0.1) is 0 Å². The number of ether oxygens (including phenoxy) is 5. The average Bonchev–Trinajstić information content (AvgIpc) is 3.65. The molecule has 29 heavy (non-hydrogen) atoms. The van der Waals surface area contributed by atoms with Gasteiger partial charge in [-0.2, -0.15) is 0 Å². The molecule has 2 atom stereocenters. The van der Waals surface area contributed by atoms with Crippen LogP contribution in [0.25, 0.3) is 0 Å². The van der Waals surface area contributed by atoms with E-state index in [1.54, 1.807) is 6.08 Å². The van der Waals surface area contributed by atoms with Gasteiger partial charge in [0.1, 0.15) is 42.7 Å². The van der Waals surface area contributed by atoms with Gasteiger partial charge in [0.05, 0.1) is 19.3 Å². The van der Waals surface area contributed by atoms with E-state index in [-0.39, 0.29) is 18.3 Å². The maximum Gasteiger partial charge on any atom is 0.119 e. The van der Waals surface area contributed by atoms with Gasteiger partial charge in [0.25, 0.3) is 0 Å². The SMILES string of the molecule is C=C(/C=C\C(=C)OC1CCC(c2ccc(OCC3CO3)cc2)CC1)OCC1CO1. The van der Waals surface area contributed by atoms with Crippen LogP contribution in [0.1, 0.15) is 37.2 Å². The van der Waals surface area contributed by atoms with Crippen molar-refractivity contribution in [2.24, 2.45) is 0 Å². The maximum atomic E-state index is 6.01. The molecule has 5 nitrogen and oxygen atoms in total. The molecule has 1 aliphatic carbocycles. The monoisotopic (exact) mass is 398 g/mol. The summed E-state index contributed by atoms with van der Waals surface area (Å²) < 4.78 is 27.5. The Morgan fingerprint density at radius 2 is 1.52 bits per heavy atom. The van der Waals surface area contributed by atoms with Gasteiger partial charge in [0.15, 0.2) is 0 Å². The summed E-state index contributed by atoms with van der Waals surface area (Å²) >= 11 is 0. The highest BCUT2D eigenvalue weighted by atomic mass is 16.6. The quantitative estimate of drug-likeness (QED) is 0.312. The lowest BCUT2D eigenvalue weighted by molar-refractivity contribution is 0.0850. The average molecular weight is 398 g/mol. The Bertz CT molecular complexity index is 722. The van der Waals surface area contributed by atoms with Crippen molar-refractivity contribution in [2.75, 3.05) is 26.4 Å². The number of benzene rings is 1. The van der Waals surface area contributed by atoms with Gasteiger partial charge in [-0.1, -0.05) is 25.3 Å². The minimum Gasteiger partial charge on any atom is -0.491 e. The van der Waals surface area contributed by atoms with E-state index in [0.29, 0.717) is 30.6 Å². The summed E-state index contributed by atoms with van der Waals surface area (Å²) in [5.74, 6) is 2.75. The molecule has 2 aliphatic heterocycles. The highest BCUT2D eigenvalue weighted by Gasteiger charge is 2.25. The predicted molar refractivity (Wildman–Crippen MR) is 111 cm³/mol. The van der Waals surface area contributed by atoms with Crippen molar-refractivity contribution >= 4 is 0 Å². The lowest BCUT2D eigenvalue weighted by Gasteiger charge is -2.29. The van der Waals surface area contributed by atoms with Gasteiger partial charge in [-0.3, -0.25) is 0 Å². The molecule has 5 heteroatoms. The molecule has 2 saturated heterocycles. The highest BCUT2D eigenvalue weighted by molar-refractivity contribution is 5.30. The summed E-state index contributed by atoms with van der Waals surface area (Å²) in [7, 11) is 0. The number of hydrogen-bond acceptors (Lipinski definition) is 5. The zero-order chi connectivity index (χ0) is 20.1. The van der Waals surface area contributed by atoms with Crippen LogP contribution in [0.5, 0.6) is 5.75 Å². The van der Waals surface area contributed by atoms with Crippen molar-refractivity contribution < 1.29 is 23.7 Å². The molecular formula is C24H30O5. The molecule has 1 saturated carbocycles. The van der Waals surface area contributed by atoms with E-state index in [9.17, 15) is 0 Å². The van der Waals surface area contributed by atoms with Crippen molar-refractivity contribution in [1.29, 1.82) is 0 Å². The van der Waals surface area contributed by atoms with Crippen molar-refractivity contribution in [3.63, 3.8) is 0 Å². The van der Waals surface area contributed by atoms with Crippen LogP contribution in [0, 0.1) is 0 Å². The topological polar surface area (TPSA) is 52.8 Å². The molecular weight excluding hydrogens is 368 g/mol. The molecule has 3 aliphatic rings. The fraction of sp³-hybridized carbons (Fsp3) is 0.500. The molecule has 0 radical (unpaired) electrons. The molecule has 1 aromatic carbocycles. The fourth-order valence-corrected chi connectivity index (χ4v) is 3.56. The lowest BCUT2D eigenvalue weighted by Crippen LogP contribution is -2.20. The summed E-state index contributed by atoms with van der Waals surface area (Å²) in [5.41, 5.74) is 1.38. The minimum absolute atomic E-state index is 0.221. The second-order valence-corrected chi connectivity index (χ2v) is 7.96. The van der Waals surface area contributed by atoms with E-state index in [4.69, 9.17) is 23.7 Å². The summed E-state index contributed by atoms with van der Waals surface area (Å²) in [6.07, 6.45) is 8.68. The van der Waals surface area contributed by atoms with Gasteiger partial charge < -0.3 is 23.7 Å². The Kier molecular flexibility index (Phi) is 6.57. The molecule has 0 N–H and O–H groups in total. The van der Waals surface area contributed by atoms with Crippen LogP contribution in [-0.2, 0) is 18.9 Å². The highest BCUT2D eigenvalue weighted by Crippen LogP contribution is 2.35. The van der Waals surface area contributed by atoms with E-state index in [1.807, 2.05) is 6.08 Å². The zero-order valence-electron chi connectivity index (χ0n) is 16.9. The zero-order valence-corrected chi connectivity index (χ0v) is 16.9. The Hall–Kier alpha value is -2.24. The first-order valence-electron chi connectivity index (χ1n) is 10.5. The summed E-state index contributed by atoms with van der Waals surface area (Å²) in [6.45, 7) is 10.7. The standard InChI is InChI=1S/C24H30O5/c1-17(25-13-23-15-27-23)3-4-18(2)29-22-11-7-20(8-12-22)19-5-9-21(10-6-19)26-14-24-16-28-24/h3-6,9-10,20,22-24H,1-2,7-8,11-16H2/b4-3-. The smallest absolute Gasteiger partial charge is 0.119 e. The molecule has 1 aromatic rings. The van der Waals surface area contributed by atoms with Crippen LogP contribution >= 0.6 is 0 Å². The van der Waals surface area contributed by atoms with Crippen LogP contribution in [0.15, 0.2) is 61.1 Å². The van der Waals surface area contributed by atoms with E-state index in [2.05, 4.69) is 37.4 Å². The normalized spacial score (nSPS) is 28.0. The fourth-order valence-electron chi connectivity index (χ4n) is 3.56. The van der Waals surface area contributed by atoms with Gasteiger partial charge in [0.2, 0.25) is 0 Å². The molecule has 0 spiro atoms. The van der Waals surface area contributed by atoms with Crippen LogP contribution in [0.4, 0.5) is 0 Å². The van der Waals surface area contributed by atoms with E-state index in [1.165, 1.54) is 5.56 Å². The Balaban J connectivity index is 1.15. The van der Waals surface area contributed by atoms with Crippen molar-refractivity contribution in [3.05, 3.63) is 66.7 Å². The third-order valence-corrected chi connectivity index (χ3v) is 5.49. The Labute approximate surface area is 172 Å². The first-order valence-corrected chi connectivity index (χ1v) is 10.5. The molecule has 3 fully saturated rings. The van der Waals surface area contributed by atoms with Gasteiger partial charge >= 0.3 is 0 Å². The van der Waals surface area contributed by atoms with Gasteiger partial charge in [0, 0.05) is 0 Å². The molecule has 2 unspecified atom stereocenters. The number of hydrogen-bond donors (Lipinski definition) is 0. The van der Waals surface area contributed by atoms with Crippen LogP contribution in [0.3, 0.4) is 0 Å². The molecule has 156 valence electrons. The molecule has 2 heterocycles.